The Kier molecular flexibility index (Phi) is 5.69. The second kappa shape index (κ2) is 5.71. The van der Waals surface area contributed by atoms with Crippen molar-refractivity contribution in [3.05, 3.63) is 0 Å². The van der Waals surface area contributed by atoms with Gasteiger partial charge < -0.3 is 4.90 Å². The molecule has 0 aromatic heterocycles. The van der Waals surface area contributed by atoms with Crippen molar-refractivity contribution in [3.8, 4) is 0 Å². The van der Waals surface area contributed by atoms with Crippen LogP contribution in [0.5, 0.6) is 0 Å². The first-order valence-electron chi connectivity index (χ1n) is 3.52. The molecule has 2 nitrogen and oxygen atoms in total. The van der Waals surface area contributed by atoms with Gasteiger partial charge in [-0.25, -0.2) is 0 Å². The summed E-state index contributed by atoms with van der Waals surface area (Å²) >= 11 is 3.31. The number of hydrogen-bond acceptors (Lipinski definition) is 1. The molecule has 0 aliphatic carbocycles. The summed E-state index contributed by atoms with van der Waals surface area (Å²) in [5.41, 5.74) is 0. The van der Waals surface area contributed by atoms with Gasteiger partial charge in [0.15, 0.2) is 0 Å². The molecule has 0 aromatic rings. The van der Waals surface area contributed by atoms with Crippen LogP contribution < -0.4 is 0 Å². The van der Waals surface area contributed by atoms with Gasteiger partial charge in [-0.1, -0.05) is 22.9 Å². The van der Waals surface area contributed by atoms with Gasteiger partial charge in [0.05, 0.1) is 0 Å². The number of halogens is 1. The number of alkyl halides is 1. The molecule has 60 valence electrons. The highest BCUT2D eigenvalue weighted by molar-refractivity contribution is 9.09. The lowest BCUT2D eigenvalue weighted by Crippen LogP contribution is -2.26. The number of amides is 1. The Morgan fingerprint density at radius 2 is 2.20 bits per heavy atom. The molecule has 0 unspecified atom stereocenters. The Morgan fingerprint density at radius 1 is 1.60 bits per heavy atom. The summed E-state index contributed by atoms with van der Waals surface area (Å²) in [6, 6.07) is 0. The Hall–Kier alpha value is -0.0500. The first-order valence-corrected chi connectivity index (χ1v) is 4.64. The molecule has 0 heterocycles. The molecule has 0 aliphatic rings. The van der Waals surface area contributed by atoms with Crippen LogP contribution in [0.25, 0.3) is 0 Å². The van der Waals surface area contributed by atoms with Crippen molar-refractivity contribution < 1.29 is 4.79 Å². The van der Waals surface area contributed by atoms with E-state index in [1.54, 1.807) is 4.90 Å². The number of carbonyl (C=O) groups is 1. The number of carbonyl (C=O) groups excluding carboxylic acids is 1. The highest BCUT2D eigenvalue weighted by atomic mass is 79.9. The molecule has 0 aromatic carbocycles. The Bertz CT molecular complexity index is 106. The summed E-state index contributed by atoms with van der Waals surface area (Å²) in [6.45, 7) is 2.74. The van der Waals surface area contributed by atoms with E-state index in [0.717, 1.165) is 18.3 Å². The average molecular weight is 208 g/mol. The summed E-state index contributed by atoms with van der Waals surface area (Å²) in [7, 11) is 1.84. The van der Waals surface area contributed by atoms with Gasteiger partial charge >= 0.3 is 0 Å². The lowest BCUT2D eigenvalue weighted by molar-refractivity contribution is -0.129. The smallest absolute Gasteiger partial charge is 0.222 e. The van der Waals surface area contributed by atoms with Crippen LogP contribution in [-0.2, 0) is 4.79 Å². The standard InChI is InChI=1S/C7H14BrNO/c1-3-7(10)9(2)6-4-5-8/h3-6H2,1-2H3. The SMILES string of the molecule is CCC(=O)N(C)CCCBr. The zero-order valence-electron chi connectivity index (χ0n) is 6.56. The van der Waals surface area contributed by atoms with Crippen LogP contribution in [-0.4, -0.2) is 29.7 Å². The molecule has 0 spiro atoms. The molecule has 1 amide bonds. The molecule has 0 N–H and O–H groups in total. The highest BCUT2D eigenvalue weighted by Gasteiger charge is 2.02. The number of nitrogens with zero attached hydrogens (tertiary/aromatic N) is 1. The van der Waals surface area contributed by atoms with Gasteiger partial charge in [0, 0.05) is 25.3 Å². The molecule has 0 bridgehead atoms. The second-order valence-electron chi connectivity index (χ2n) is 2.21. The fourth-order valence-electron chi connectivity index (χ4n) is 0.692. The van der Waals surface area contributed by atoms with Crippen LogP contribution in [0.1, 0.15) is 19.8 Å². The highest BCUT2D eigenvalue weighted by Crippen LogP contribution is 1.94. The topological polar surface area (TPSA) is 20.3 Å². The number of rotatable bonds is 4. The maximum Gasteiger partial charge on any atom is 0.222 e. The van der Waals surface area contributed by atoms with Crippen LogP contribution in [0, 0.1) is 0 Å². The third-order valence-corrected chi connectivity index (χ3v) is 1.92. The van der Waals surface area contributed by atoms with Crippen molar-refractivity contribution in [2.24, 2.45) is 0 Å². The lowest BCUT2D eigenvalue weighted by atomic mass is 10.4. The minimum atomic E-state index is 0.223. The average Bonchev–Trinajstić information content (AvgIpc) is 1.98. The summed E-state index contributed by atoms with van der Waals surface area (Å²) in [5, 5.41) is 0.967. The maximum atomic E-state index is 10.9. The van der Waals surface area contributed by atoms with Crippen molar-refractivity contribution in [1.82, 2.24) is 4.90 Å². The van der Waals surface area contributed by atoms with E-state index >= 15 is 0 Å². The van der Waals surface area contributed by atoms with E-state index in [1.165, 1.54) is 0 Å². The van der Waals surface area contributed by atoms with Gasteiger partial charge in [-0.3, -0.25) is 4.79 Å². The van der Waals surface area contributed by atoms with Crippen LogP contribution >= 0.6 is 15.9 Å². The van der Waals surface area contributed by atoms with E-state index in [-0.39, 0.29) is 5.91 Å². The van der Waals surface area contributed by atoms with Crippen LogP contribution in [0.3, 0.4) is 0 Å². The second-order valence-corrected chi connectivity index (χ2v) is 3.00. The summed E-state index contributed by atoms with van der Waals surface area (Å²) in [5.74, 6) is 0.223. The fraction of sp³-hybridized carbons (Fsp3) is 0.857. The van der Waals surface area contributed by atoms with Crippen LogP contribution in [0.4, 0.5) is 0 Å². The Labute approximate surface area is 70.7 Å². The van der Waals surface area contributed by atoms with Crippen molar-refractivity contribution in [2.45, 2.75) is 19.8 Å². The maximum absolute atomic E-state index is 10.9. The van der Waals surface area contributed by atoms with Crippen LogP contribution in [0.15, 0.2) is 0 Å². The Balaban J connectivity index is 3.41. The summed E-state index contributed by atoms with van der Waals surface area (Å²) in [4.78, 5) is 12.7. The van der Waals surface area contributed by atoms with Crippen molar-refractivity contribution in [1.29, 1.82) is 0 Å². The van der Waals surface area contributed by atoms with E-state index in [2.05, 4.69) is 15.9 Å². The molecule has 10 heavy (non-hydrogen) atoms. The van der Waals surface area contributed by atoms with Crippen molar-refractivity contribution in [2.75, 3.05) is 18.9 Å². The minimum absolute atomic E-state index is 0.223. The third-order valence-electron chi connectivity index (χ3n) is 1.36. The van der Waals surface area contributed by atoms with Gasteiger partial charge in [-0.05, 0) is 6.42 Å². The minimum Gasteiger partial charge on any atom is -0.346 e. The van der Waals surface area contributed by atoms with E-state index < -0.39 is 0 Å². The molecule has 0 radical (unpaired) electrons. The predicted molar refractivity (Wildman–Crippen MR) is 46.3 cm³/mol. The molecule has 0 aliphatic heterocycles. The molecular weight excluding hydrogens is 194 g/mol. The first-order chi connectivity index (χ1) is 4.72. The van der Waals surface area contributed by atoms with Gasteiger partial charge in [0.1, 0.15) is 0 Å². The normalized spacial score (nSPS) is 9.50. The van der Waals surface area contributed by atoms with E-state index in [4.69, 9.17) is 0 Å². The first kappa shape index (κ1) is 9.95. The van der Waals surface area contributed by atoms with Gasteiger partial charge in [0.25, 0.3) is 0 Å². The zero-order valence-corrected chi connectivity index (χ0v) is 8.15. The van der Waals surface area contributed by atoms with E-state index in [0.29, 0.717) is 6.42 Å². The quantitative estimate of drug-likeness (QED) is 0.643. The molecule has 0 saturated heterocycles. The van der Waals surface area contributed by atoms with Crippen molar-refractivity contribution >= 4 is 21.8 Å². The van der Waals surface area contributed by atoms with E-state index in [1.807, 2.05) is 14.0 Å². The molecule has 0 atom stereocenters. The summed E-state index contributed by atoms with van der Waals surface area (Å²) in [6.07, 6.45) is 1.64. The van der Waals surface area contributed by atoms with Gasteiger partial charge in [0.2, 0.25) is 5.91 Å². The molecular formula is C7H14BrNO. The Morgan fingerprint density at radius 3 is 2.60 bits per heavy atom. The fourth-order valence-corrected chi connectivity index (χ4v) is 0.942. The summed E-state index contributed by atoms with van der Waals surface area (Å²) < 4.78 is 0. The van der Waals surface area contributed by atoms with E-state index in [9.17, 15) is 4.79 Å². The largest absolute Gasteiger partial charge is 0.346 e. The predicted octanol–water partition coefficient (Wildman–Crippen LogP) is 1.64. The lowest BCUT2D eigenvalue weighted by Gasteiger charge is -2.14. The zero-order chi connectivity index (χ0) is 7.98. The third kappa shape index (κ3) is 3.88. The van der Waals surface area contributed by atoms with Crippen LogP contribution in [0.2, 0.25) is 0 Å². The monoisotopic (exact) mass is 207 g/mol. The van der Waals surface area contributed by atoms with Crippen molar-refractivity contribution in [3.63, 3.8) is 0 Å². The molecule has 0 rings (SSSR count). The van der Waals surface area contributed by atoms with Gasteiger partial charge in [-0.15, -0.1) is 0 Å². The van der Waals surface area contributed by atoms with Gasteiger partial charge in [-0.2, -0.15) is 0 Å². The molecule has 3 heteroatoms. The molecule has 0 fully saturated rings. The number of hydrogen-bond donors (Lipinski definition) is 0. The molecule has 0 saturated carbocycles.